The van der Waals surface area contributed by atoms with Crippen molar-refractivity contribution >= 4 is 63.2 Å². The van der Waals surface area contributed by atoms with Crippen molar-refractivity contribution in [2.24, 2.45) is 0 Å². The molecule has 1 heterocycles. The summed E-state index contributed by atoms with van der Waals surface area (Å²) in [6.07, 6.45) is 0. The van der Waals surface area contributed by atoms with E-state index >= 15 is 0 Å². The summed E-state index contributed by atoms with van der Waals surface area (Å²) in [7, 11) is 0. The van der Waals surface area contributed by atoms with Crippen LogP contribution in [0.4, 0.5) is 5.13 Å². The van der Waals surface area contributed by atoms with E-state index in [1.54, 1.807) is 11.8 Å². The van der Waals surface area contributed by atoms with E-state index in [-0.39, 0.29) is 11.6 Å². The van der Waals surface area contributed by atoms with Gasteiger partial charge in [0.2, 0.25) is 11.0 Å². The zero-order valence-corrected chi connectivity index (χ0v) is 17.5. The summed E-state index contributed by atoms with van der Waals surface area (Å²) in [5.41, 5.74) is 1.50. The van der Waals surface area contributed by atoms with Gasteiger partial charge in [-0.2, -0.15) is 0 Å². The molecule has 0 aliphatic carbocycles. The fourth-order valence-corrected chi connectivity index (χ4v) is 4.12. The standard InChI is InChI=1S/C18H14Cl2N4O2S2/c19-13-7-6-12(8-14(13)20)16(26)21-9-15(25)22-17-23-24-18(28-17)27-10-11-4-2-1-3-5-11/h1-8H,9-10H2,(H,21,26)(H,22,23,25). The minimum Gasteiger partial charge on any atom is -0.343 e. The maximum Gasteiger partial charge on any atom is 0.251 e. The number of thioether (sulfide) groups is 1. The van der Waals surface area contributed by atoms with Gasteiger partial charge in [0.15, 0.2) is 4.34 Å². The summed E-state index contributed by atoms with van der Waals surface area (Å²) >= 11 is 14.5. The van der Waals surface area contributed by atoms with Crippen LogP contribution in [-0.2, 0) is 10.5 Å². The first-order chi connectivity index (χ1) is 13.5. The highest BCUT2D eigenvalue weighted by molar-refractivity contribution is 8.00. The van der Waals surface area contributed by atoms with E-state index in [9.17, 15) is 9.59 Å². The molecular weight excluding hydrogens is 439 g/mol. The van der Waals surface area contributed by atoms with Crippen LogP contribution in [0.3, 0.4) is 0 Å². The molecule has 0 spiro atoms. The lowest BCUT2D eigenvalue weighted by Gasteiger charge is -2.05. The minimum atomic E-state index is -0.426. The van der Waals surface area contributed by atoms with Crippen molar-refractivity contribution in [2.45, 2.75) is 10.1 Å². The van der Waals surface area contributed by atoms with Crippen LogP contribution >= 0.6 is 46.3 Å². The van der Waals surface area contributed by atoms with Crippen molar-refractivity contribution in [1.29, 1.82) is 0 Å². The molecule has 6 nitrogen and oxygen atoms in total. The Balaban J connectivity index is 1.46. The second-order valence-corrected chi connectivity index (χ2v) is 8.52. The van der Waals surface area contributed by atoms with Gasteiger partial charge in [-0.3, -0.25) is 14.9 Å². The topological polar surface area (TPSA) is 84.0 Å². The number of nitrogens with zero attached hydrogens (tertiary/aromatic N) is 2. The highest BCUT2D eigenvalue weighted by atomic mass is 35.5. The summed E-state index contributed by atoms with van der Waals surface area (Å²) < 4.78 is 0.749. The Morgan fingerprint density at radius 1 is 1.04 bits per heavy atom. The SMILES string of the molecule is O=C(CNC(=O)c1ccc(Cl)c(Cl)c1)Nc1nnc(SCc2ccccc2)s1. The quantitative estimate of drug-likeness (QED) is 0.407. The number of benzene rings is 2. The molecule has 0 aliphatic heterocycles. The van der Waals surface area contributed by atoms with E-state index in [0.717, 1.165) is 10.1 Å². The molecule has 144 valence electrons. The van der Waals surface area contributed by atoms with Crippen LogP contribution in [0.2, 0.25) is 10.0 Å². The molecule has 2 amide bonds. The molecule has 3 rings (SSSR count). The van der Waals surface area contributed by atoms with Crippen LogP contribution in [0.15, 0.2) is 52.9 Å². The minimum absolute atomic E-state index is 0.203. The molecular formula is C18H14Cl2N4O2S2. The number of amides is 2. The van der Waals surface area contributed by atoms with Crippen LogP contribution in [0.5, 0.6) is 0 Å². The zero-order valence-electron chi connectivity index (χ0n) is 14.3. The van der Waals surface area contributed by atoms with Gasteiger partial charge in [-0.05, 0) is 23.8 Å². The van der Waals surface area contributed by atoms with Crippen LogP contribution in [0.1, 0.15) is 15.9 Å². The summed E-state index contributed by atoms with van der Waals surface area (Å²) in [5, 5.41) is 14.1. The van der Waals surface area contributed by atoms with E-state index in [1.165, 1.54) is 35.1 Å². The highest BCUT2D eigenvalue weighted by Crippen LogP contribution is 2.28. The van der Waals surface area contributed by atoms with E-state index in [0.29, 0.717) is 15.7 Å². The molecule has 2 N–H and O–H groups in total. The highest BCUT2D eigenvalue weighted by Gasteiger charge is 2.12. The van der Waals surface area contributed by atoms with Gasteiger partial charge < -0.3 is 5.32 Å². The average Bonchev–Trinajstić information content (AvgIpc) is 3.14. The number of anilines is 1. The van der Waals surface area contributed by atoms with Gasteiger partial charge in [-0.1, -0.05) is 76.6 Å². The number of nitrogens with one attached hydrogen (secondary N) is 2. The van der Waals surface area contributed by atoms with Gasteiger partial charge in [0.1, 0.15) is 0 Å². The summed E-state index contributed by atoms with van der Waals surface area (Å²) in [6.45, 7) is -0.203. The predicted molar refractivity (Wildman–Crippen MR) is 113 cm³/mol. The number of carbonyl (C=O) groups is 2. The van der Waals surface area contributed by atoms with Crippen molar-refractivity contribution in [3.05, 3.63) is 69.7 Å². The number of hydrogen-bond donors (Lipinski definition) is 2. The van der Waals surface area contributed by atoms with Gasteiger partial charge in [0.05, 0.1) is 16.6 Å². The maximum absolute atomic E-state index is 12.1. The third-order valence-electron chi connectivity index (χ3n) is 3.45. The van der Waals surface area contributed by atoms with Gasteiger partial charge in [-0.15, -0.1) is 10.2 Å². The van der Waals surface area contributed by atoms with Crippen molar-refractivity contribution in [3.8, 4) is 0 Å². The van der Waals surface area contributed by atoms with E-state index in [1.807, 2.05) is 30.3 Å². The van der Waals surface area contributed by atoms with Gasteiger partial charge in [0, 0.05) is 11.3 Å². The molecule has 10 heteroatoms. The van der Waals surface area contributed by atoms with E-state index in [4.69, 9.17) is 23.2 Å². The molecule has 0 unspecified atom stereocenters. The fourth-order valence-electron chi connectivity index (χ4n) is 2.10. The molecule has 1 aromatic heterocycles. The van der Waals surface area contributed by atoms with Crippen molar-refractivity contribution < 1.29 is 9.59 Å². The summed E-state index contributed by atoms with van der Waals surface area (Å²) in [5.74, 6) is -0.0578. The molecule has 0 aliphatic rings. The van der Waals surface area contributed by atoms with Crippen LogP contribution in [0.25, 0.3) is 0 Å². The third-order valence-corrected chi connectivity index (χ3v) is 6.23. The molecule has 0 saturated heterocycles. The molecule has 3 aromatic rings. The first kappa shape index (κ1) is 20.6. The van der Waals surface area contributed by atoms with Gasteiger partial charge in [0.25, 0.3) is 5.91 Å². The van der Waals surface area contributed by atoms with Crippen molar-refractivity contribution in [3.63, 3.8) is 0 Å². The fraction of sp³-hybridized carbons (Fsp3) is 0.111. The molecule has 28 heavy (non-hydrogen) atoms. The Kier molecular flexibility index (Phi) is 7.27. The number of carbonyl (C=O) groups excluding carboxylic acids is 2. The molecule has 0 saturated carbocycles. The number of rotatable bonds is 7. The second-order valence-electron chi connectivity index (χ2n) is 5.51. The molecule has 0 radical (unpaired) electrons. The Bertz CT molecular complexity index is 983. The van der Waals surface area contributed by atoms with Crippen LogP contribution < -0.4 is 10.6 Å². The Morgan fingerprint density at radius 3 is 2.57 bits per heavy atom. The Labute approximate surface area is 179 Å². The lowest BCUT2D eigenvalue weighted by molar-refractivity contribution is -0.115. The van der Waals surface area contributed by atoms with Gasteiger partial charge in [-0.25, -0.2) is 0 Å². The lowest BCUT2D eigenvalue weighted by atomic mass is 10.2. The predicted octanol–water partition coefficient (Wildman–Crippen LogP) is 4.51. The molecule has 0 fully saturated rings. The van der Waals surface area contributed by atoms with E-state index < -0.39 is 11.8 Å². The normalized spacial score (nSPS) is 10.5. The van der Waals surface area contributed by atoms with Crippen LogP contribution in [0, 0.1) is 0 Å². The monoisotopic (exact) mass is 452 g/mol. The molecule has 0 bridgehead atoms. The van der Waals surface area contributed by atoms with E-state index in [2.05, 4.69) is 20.8 Å². The van der Waals surface area contributed by atoms with Crippen LogP contribution in [-0.4, -0.2) is 28.6 Å². The summed E-state index contributed by atoms with van der Waals surface area (Å²) in [6, 6.07) is 14.5. The average molecular weight is 453 g/mol. The second kappa shape index (κ2) is 9.88. The third kappa shape index (κ3) is 5.93. The number of hydrogen-bond acceptors (Lipinski definition) is 6. The molecule has 0 atom stereocenters. The maximum atomic E-state index is 12.1. The number of aromatic nitrogens is 2. The lowest BCUT2D eigenvalue weighted by Crippen LogP contribution is -2.32. The largest absolute Gasteiger partial charge is 0.343 e. The summed E-state index contributed by atoms with van der Waals surface area (Å²) in [4.78, 5) is 24.1. The zero-order chi connectivity index (χ0) is 19.9. The number of halogens is 2. The molecule has 2 aromatic carbocycles. The van der Waals surface area contributed by atoms with Crippen molar-refractivity contribution in [1.82, 2.24) is 15.5 Å². The first-order valence-corrected chi connectivity index (χ1v) is 10.6. The van der Waals surface area contributed by atoms with Crippen molar-refractivity contribution in [2.75, 3.05) is 11.9 Å². The smallest absolute Gasteiger partial charge is 0.251 e. The Morgan fingerprint density at radius 2 is 1.82 bits per heavy atom. The van der Waals surface area contributed by atoms with Gasteiger partial charge >= 0.3 is 0 Å². The first-order valence-electron chi connectivity index (χ1n) is 8.04. The Hall–Kier alpha value is -2.13.